The van der Waals surface area contributed by atoms with Crippen LogP contribution in [0.2, 0.25) is 5.02 Å². The number of imidazole rings is 1. The molecule has 3 nitrogen and oxygen atoms in total. The van der Waals surface area contributed by atoms with Gasteiger partial charge in [0.05, 0.1) is 0 Å². The monoisotopic (exact) mass is 288 g/mol. The lowest BCUT2D eigenvalue weighted by atomic mass is 10.4. The number of aromatic nitrogens is 2. The average Bonchev–Trinajstić information content (AvgIpc) is 2.75. The van der Waals surface area contributed by atoms with Crippen molar-refractivity contribution in [3.63, 3.8) is 0 Å². The SMILES string of the molecule is O=Cc1c(Sc2cccc(Cl)c2)nc2ccccn12. The summed E-state index contributed by atoms with van der Waals surface area (Å²) in [5.74, 6) is 0. The van der Waals surface area contributed by atoms with Crippen LogP contribution in [0.25, 0.3) is 5.65 Å². The van der Waals surface area contributed by atoms with Crippen molar-refractivity contribution in [3.05, 3.63) is 59.4 Å². The molecule has 5 heteroatoms. The maximum atomic E-state index is 11.3. The number of nitrogens with zero attached hydrogens (tertiary/aromatic N) is 2. The molecule has 0 aliphatic carbocycles. The van der Waals surface area contributed by atoms with Gasteiger partial charge in [-0.1, -0.05) is 35.5 Å². The molecule has 0 bridgehead atoms. The molecule has 0 unspecified atom stereocenters. The molecule has 0 aliphatic heterocycles. The molecule has 2 aromatic heterocycles. The van der Waals surface area contributed by atoms with Crippen LogP contribution in [0.1, 0.15) is 10.5 Å². The maximum absolute atomic E-state index is 11.3. The van der Waals surface area contributed by atoms with Crippen LogP contribution in [0.15, 0.2) is 58.6 Å². The van der Waals surface area contributed by atoms with Gasteiger partial charge in [-0.25, -0.2) is 4.98 Å². The van der Waals surface area contributed by atoms with E-state index in [0.717, 1.165) is 16.8 Å². The summed E-state index contributed by atoms with van der Waals surface area (Å²) in [5.41, 5.74) is 1.31. The quantitative estimate of drug-likeness (QED) is 0.684. The summed E-state index contributed by atoms with van der Waals surface area (Å²) in [5, 5.41) is 1.35. The Bertz CT molecular complexity index is 754. The van der Waals surface area contributed by atoms with Gasteiger partial charge in [-0.15, -0.1) is 0 Å². The molecule has 19 heavy (non-hydrogen) atoms. The molecule has 1 aromatic carbocycles. The Morgan fingerprint density at radius 2 is 2.11 bits per heavy atom. The minimum Gasteiger partial charge on any atom is -0.296 e. The van der Waals surface area contributed by atoms with Crippen molar-refractivity contribution in [1.82, 2.24) is 9.38 Å². The number of hydrogen-bond donors (Lipinski definition) is 0. The third-order valence-electron chi connectivity index (χ3n) is 2.66. The third-order valence-corrected chi connectivity index (χ3v) is 3.87. The molecule has 2 heterocycles. The fourth-order valence-corrected chi connectivity index (χ4v) is 3.02. The molecule has 3 rings (SSSR count). The smallest absolute Gasteiger partial charge is 0.169 e. The van der Waals surface area contributed by atoms with Crippen LogP contribution in [0, 0.1) is 0 Å². The first-order valence-corrected chi connectivity index (χ1v) is 6.83. The van der Waals surface area contributed by atoms with Crippen LogP contribution >= 0.6 is 23.4 Å². The van der Waals surface area contributed by atoms with Gasteiger partial charge in [-0.2, -0.15) is 0 Å². The minimum absolute atomic E-state index is 0.556. The highest BCUT2D eigenvalue weighted by Crippen LogP contribution is 2.31. The summed E-state index contributed by atoms with van der Waals surface area (Å²) in [7, 11) is 0. The fourth-order valence-electron chi connectivity index (χ4n) is 1.82. The highest BCUT2D eigenvalue weighted by atomic mass is 35.5. The van der Waals surface area contributed by atoms with Gasteiger partial charge in [0, 0.05) is 16.1 Å². The molecule has 0 fully saturated rings. The lowest BCUT2D eigenvalue weighted by Gasteiger charge is -1.99. The highest BCUT2D eigenvalue weighted by Gasteiger charge is 2.12. The van der Waals surface area contributed by atoms with E-state index in [1.165, 1.54) is 11.8 Å². The van der Waals surface area contributed by atoms with Crippen LogP contribution < -0.4 is 0 Å². The zero-order chi connectivity index (χ0) is 13.2. The number of aldehydes is 1. The van der Waals surface area contributed by atoms with Crippen molar-refractivity contribution in [2.75, 3.05) is 0 Å². The highest BCUT2D eigenvalue weighted by molar-refractivity contribution is 7.99. The number of fused-ring (bicyclic) bond motifs is 1. The summed E-state index contributed by atoms with van der Waals surface area (Å²) >= 11 is 7.39. The average molecular weight is 289 g/mol. The van der Waals surface area contributed by atoms with Gasteiger partial charge >= 0.3 is 0 Å². The fraction of sp³-hybridized carbons (Fsp3) is 0. The van der Waals surface area contributed by atoms with E-state index in [1.54, 1.807) is 4.40 Å². The molecular weight excluding hydrogens is 280 g/mol. The van der Waals surface area contributed by atoms with Crippen molar-refractivity contribution < 1.29 is 4.79 Å². The first kappa shape index (κ1) is 12.3. The summed E-state index contributed by atoms with van der Waals surface area (Å²) in [4.78, 5) is 16.7. The second-order valence-corrected chi connectivity index (χ2v) is 5.41. The molecule has 0 saturated heterocycles. The summed E-state index contributed by atoms with van der Waals surface area (Å²) < 4.78 is 1.78. The van der Waals surface area contributed by atoms with Crippen molar-refractivity contribution in [1.29, 1.82) is 0 Å². The number of pyridine rings is 1. The van der Waals surface area contributed by atoms with Crippen LogP contribution in [0.5, 0.6) is 0 Å². The molecule has 0 N–H and O–H groups in total. The Balaban J connectivity index is 2.07. The van der Waals surface area contributed by atoms with Crippen LogP contribution in [0.3, 0.4) is 0 Å². The second-order valence-electron chi connectivity index (χ2n) is 3.91. The first-order valence-electron chi connectivity index (χ1n) is 5.63. The Morgan fingerprint density at radius 3 is 2.89 bits per heavy atom. The summed E-state index contributed by atoms with van der Waals surface area (Å²) in [6.45, 7) is 0. The number of carbonyl (C=O) groups excluding carboxylic acids is 1. The van der Waals surface area contributed by atoms with E-state index >= 15 is 0 Å². The summed E-state index contributed by atoms with van der Waals surface area (Å²) in [6, 6.07) is 13.1. The van der Waals surface area contributed by atoms with E-state index < -0.39 is 0 Å². The van der Waals surface area contributed by atoms with E-state index in [1.807, 2.05) is 48.7 Å². The van der Waals surface area contributed by atoms with E-state index in [-0.39, 0.29) is 0 Å². The van der Waals surface area contributed by atoms with Gasteiger partial charge < -0.3 is 0 Å². The lowest BCUT2D eigenvalue weighted by Crippen LogP contribution is -1.90. The molecule has 94 valence electrons. The molecule has 0 aliphatic rings. The van der Waals surface area contributed by atoms with Gasteiger partial charge in [0.1, 0.15) is 16.4 Å². The predicted molar refractivity (Wildman–Crippen MR) is 76.2 cm³/mol. The normalized spacial score (nSPS) is 10.8. The van der Waals surface area contributed by atoms with Gasteiger partial charge in [-0.05, 0) is 30.3 Å². The maximum Gasteiger partial charge on any atom is 0.169 e. The van der Waals surface area contributed by atoms with Gasteiger partial charge in [-0.3, -0.25) is 9.20 Å². The van der Waals surface area contributed by atoms with Crippen molar-refractivity contribution >= 4 is 35.3 Å². The second kappa shape index (κ2) is 5.07. The zero-order valence-corrected chi connectivity index (χ0v) is 11.4. The molecule has 0 spiro atoms. The van der Waals surface area contributed by atoms with Crippen LogP contribution in [-0.2, 0) is 0 Å². The standard InChI is InChI=1S/C14H9ClN2OS/c15-10-4-3-5-11(8-10)19-14-12(9-18)17-7-2-1-6-13(17)16-14/h1-9H. The number of halogens is 1. The van der Waals surface area contributed by atoms with E-state index in [0.29, 0.717) is 15.7 Å². The Labute approximate surface area is 119 Å². The van der Waals surface area contributed by atoms with Crippen molar-refractivity contribution in [2.24, 2.45) is 0 Å². The molecule has 3 aromatic rings. The van der Waals surface area contributed by atoms with Crippen molar-refractivity contribution in [3.8, 4) is 0 Å². The van der Waals surface area contributed by atoms with Crippen molar-refractivity contribution in [2.45, 2.75) is 9.92 Å². The number of carbonyl (C=O) groups is 1. The van der Waals surface area contributed by atoms with E-state index in [2.05, 4.69) is 4.98 Å². The van der Waals surface area contributed by atoms with Gasteiger partial charge in [0.2, 0.25) is 0 Å². The largest absolute Gasteiger partial charge is 0.296 e. The molecule has 0 saturated carbocycles. The topological polar surface area (TPSA) is 34.4 Å². The van der Waals surface area contributed by atoms with Gasteiger partial charge in [0.15, 0.2) is 6.29 Å². The summed E-state index contributed by atoms with van der Waals surface area (Å²) in [6.07, 6.45) is 2.65. The van der Waals surface area contributed by atoms with E-state index in [9.17, 15) is 4.79 Å². The van der Waals surface area contributed by atoms with Crippen LogP contribution in [-0.4, -0.2) is 15.7 Å². The van der Waals surface area contributed by atoms with Crippen LogP contribution in [0.4, 0.5) is 0 Å². The molecule has 0 radical (unpaired) electrons. The Hall–Kier alpha value is -1.78. The Morgan fingerprint density at radius 1 is 1.21 bits per heavy atom. The molecule has 0 atom stereocenters. The predicted octanol–water partition coefficient (Wildman–Crippen LogP) is 3.95. The zero-order valence-electron chi connectivity index (χ0n) is 9.79. The number of rotatable bonds is 3. The number of benzene rings is 1. The Kier molecular flexibility index (Phi) is 3.27. The minimum atomic E-state index is 0.556. The lowest BCUT2D eigenvalue weighted by molar-refractivity contribution is 0.111. The van der Waals surface area contributed by atoms with Gasteiger partial charge in [0.25, 0.3) is 0 Å². The number of hydrogen-bond acceptors (Lipinski definition) is 3. The third kappa shape index (κ3) is 2.37. The molecule has 0 amide bonds. The first-order chi connectivity index (χ1) is 9.28. The van der Waals surface area contributed by atoms with E-state index in [4.69, 9.17) is 11.6 Å². The molecular formula is C14H9ClN2OS.